The summed E-state index contributed by atoms with van der Waals surface area (Å²) in [6.07, 6.45) is 3.35. The van der Waals surface area contributed by atoms with E-state index in [-0.39, 0.29) is 47.0 Å². The summed E-state index contributed by atoms with van der Waals surface area (Å²) in [5, 5.41) is 18.0. The third-order valence-electron chi connectivity index (χ3n) is 11.6. The van der Waals surface area contributed by atoms with E-state index in [2.05, 4.69) is 13.8 Å². The van der Waals surface area contributed by atoms with Crippen LogP contribution in [0, 0.1) is 46.3 Å². The molecule has 0 aromatic rings. The molecule has 0 amide bonds. The first-order chi connectivity index (χ1) is 18.0. The number of esters is 1. The summed E-state index contributed by atoms with van der Waals surface area (Å²) < 4.78 is 74.9. The van der Waals surface area contributed by atoms with Crippen molar-refractivity contribution in [2.75, 3.05) is 6.61 Å². The van der Waals surface area contributed by atoms with Crippen molar-refractivity contribution in [1.29, 1.82) is 0 Å². The van der Waals surface area contributed by atoms with Gasteiger partial charge in [0.15, 0.2) is 6.17 Å². The Morgan fingerprint density at radius 1 is 1.08 bits per heavy atom. The molecule has 0 bridgehead atoms. The maximum atomic E-state index is 13.6. The van der Waals surface area contributed by atoms with Gasteiger partial charge in [-0.2, -0.15) is 17.2 Å². The molecule has 0 heterocycles. The van der Waals surface area contributed by atoms with Gasteiger partial charge >= 0.3 is 21.3 Å². The first-order valence-corrected chi connectivity index (χ1v) is 16.0. The zero-order valence-electron chi connectivity index (χ0n) is 23.2. The molecule has 39 heavy (non-hydrogen) atoms. The molecule has 0 aromatic heterocycles. The SMILES string of the molecule is C[C@H](CCC(=O)OCCC(F)C(F)(F)S(=O)(=O)O)[C@H]1CC[C@H]2[C@@H]3[C@@H](O)C[C@@H]4CCCC[C@]4(C)[C@H]3CC(O)[C@]12C. The molecule has 4 rings (SSSR count). The molecule has 2 unspecified atom stereocenters. The van der Waals surface area contributed by atoms with Gasteiger partial charge in [-0.15, -0.1) is 0 Å². The van der Waals surface area contributed by atoms with Crippen molar-refractivity contribution in [3.05, 3.63) is 0 Å². The Bertz CT molecular complexity index is 1010. The molecule has 7 nitrogen and oxygen atoms in total. The summed E-state index contributed by atoms with van der Waals surface area (Å²) in [4.78, 5) is 12.2. The molecule has 11 heteroatoms. The lowest BCUT2D eigenvalue weighted by molar-refractivity contribution is -0.201. The van der Waals surface area contributed by atoms with E-state index in [9.17, 15) is 36.6 Å². The second-order valence-corrected chi connectivity index (χ2v) is 14.9. The molecule has 4 aliphatic carbocycles. The number of alkyl halides is 3. The van der Waals surface area contributed by atoms with Gasteiger partial charge < -0.3 is 14.9 Å². The number of carbonyl (C=O) groups excluding carboxylic acids is 1. The van der Waals surface area contributed by atoms with Crippen molar-refractivity contribution in [1.82, 2.24) is 0 Å². The van der Waals surface area contributed by atoms with Crippen LogP contribution < -0.4 is 0 Å². The van der Waals surface area contributed by atoms with Crippen molar-refractivity contribution in [3.8, 4) is 0 Å². The maximum Gasteiger partial charge on any atom is 0.400 e. The van der Waals surface area contributed by atoms with Crippen LogP contribution in [0.4, 0.5) is 13.2 Å². The minimum Gasteiger partial charge on any atom is -0.466 e. The van der Waals surface area contributed by atoms with Crippen molar-refractivity contribution in [3.63, 3.8) is 0 Å². The molecule has 0 saturated heterocycles. The van der Waals surface area contributed by atoms with Crippen molar-refractivity contribution < 1.29 is 45.9 Å². The number of aliphatic hydroxyl groups excluding tert-OH is 2. The highest BCUT2D eigenvalue weighted by Gasteiger charge is 2.65. The number of halogens is 3. The molecule has 226 valence electrons. The fraction of sp³-hybridized carbons (Fsp3) is 0.964. The van der Waals surface area contributed by atoms with E-state index >= 15 is 0 Å². The Kier molecular flexibility index (Phi) is 8.80. The zero-order chi connectivity index (χ0) is 29.0. The van der Waals surface area contributed by atoms with Crippen LogP contribution in [0.25, 0.3) is 0 Å². The van der Waals surface area contributed by atoms with Crippen LogP contribution in [0.15, 0.2) is 0 Å². The number of hydrogen-bond acceptors (Lipinski definition) is 6. The van der Waals surface area contributed by atoms with Gasteiger partial charge in [0.05, 0.1) is 18.8 Å². The van der Waals surface area contributed by atoms with Gasteiger partial charge in [-0.25, -0.2) is 4.39 Å². The van der Waals surface area contributed by atoms with Crippen molar-refractivity contribution >= 4 is 16.1 Å². The summed E-state index contributed by atoms with van der Waals surface area (Å²) in [6.45, 7) is 5.82. The van der Waals surface area contributed by atoms with Crippen LogP contribution in [0.2, 0.25) is 0 Å². The molecule has 3 N–H and O–H groups in total. The molecule has 0 aromatic carbocycles. The summed E-state index contributed by atoms with van der Waals surface area (Å²) >= 11 is 0. The number of ether oxygens (including phenoxy) is 1. The van der Waals surface area contributed by atoms with Crippen LogP contribution in [0.5, 0.6) is 0 Å². The van der Waals surface area contributed by atoms with Gasteiger partial charge in [0, 0.05) is 12.8 Å². The van der Waals surface area contributed by atoms with Gasteiger partial charge in [-0.1, -0.05) is 33.6 Å². The maximum absolute atomic E-state index is 13.6. The van der Waals surface area contributed by atoms with Crippen LogP contribution >= 0.6 is 0 Å². The lowest BCUT2D eigenvalue weighted by Crippen LogP contribution is -2.61. The van der Waals surface area contributed by atoms with E-state index in [1.54, 1.807) is 0 Å². The minimum absolute atomic E-state index is 0.0193. The van der Waals surface area contributed by atoms with E-state index in [0.717, 1.165) is 32.1 Å². The number of fused-ring (bicyclic) bond motifs is 5. The van der Waals surface area contributed by atoms with Crippen molar-refractivity contribution in [2.24, 2.45) is 46.3 Å². The minimum atomic E-state index is -5.91. The quantitative estimate of drug-likeness (QED) is 0.254. The zero-order valence-corrected chi connectivity index (χ0v) is 24.0. The van der Waals surface area contributed by atoms with E-state index in [4.69, 9.17) is 9.29 Å². The van der Waals surface area contributed by atoms with Crippen molar-refractivity contribution in [2.45, 2.75) is 115 Å². The fourth-order valence-electron chi connectivity index (χ4n) is 9.41. The van der Waals surface area contributed by atoms with Gasteiger partial charge in [0.1, 0.15) is 0 Å². The summed E-state index contributed by atoms with van der Waals surface area (Å²) in [5.41, 5.74) is -0.228. The Morgan fingerprint density at radius 2 is 1.77 bits per heavy atom. The second kappa shape index (κ2) is 11.1. The predicted octanol–water partition coefficient (Wildman–Crippen LogP) is 5.15. The van der Waals surface area contributed by atoms with Crippen LogP contribution in [-0.2, 0) is 19.6 Å². The normalized spacial score (nSPS) is 42.1. The van der Waals surface area contributed by atoms with Crippen LogP contribution in [-0.4, -0.2) is 59.4 Å². The topological polar surface area (TPSA) is 121 Å². The molecule has 4 saturated carbocycles. The number of aliphatic hydroxyl groups is 2. The summed E-state index contributed by atoms with van der Waals surface area (Å²) in [5.74, 6) is 0.659. The van der Waals surface area contributed by atoms with Gasteiger partial charge in [0.2, 0.25) is 0 Å². The second-order valence-electron chi connectivity index (χ2n) is 13.4. The fourth-order valence-corrected chi connectivity index (χ4v) is 9.85. The number of rotatable bonds is 9. The highest BCUT2D eigenvalue weighted by molar-refractivity contribution is 7.86. The lowest BCUT2D eigenvalue weighted by atomic mass is 9.43. The monoisotopic (exact) mass is 582 g/mol. The van der Waals surface area contributed by atoms with E-state index in [1.807, 2.05) is 6.92 Å². The van der Waals surface area contributed by atoms with E-state index < -0.39 is 46.6 Å². The summed E-state index contributed by atoms with van der Waals surface area (Å²) in [7, 11) is -5.91. The Hall–Kier alpha value is -0.910. The smallest absolute Gasteiger partial charge is 0.400 e. The molecule has 4 fully saturated rings. The van der Waals surface area contributed by atoms with Crippen LogP contribution in [0.1, 0.15) is 91.4 Å². The summed E-state index contributed by atoms with van der Waals surface area (Å²) in [6, 6.07) is 0. The molecule has 0 radical (unpaired) electrons. The molecule has 4 aliphatic rings. The van der Waals surface area contributed by atoms with Gasteiger partial charge in [-0.05, 0) is 91.3 Å². The van der Waals surface area contributed by atoms with E-state index in [1.165, 1.54) is 12.8 Å². The van der Waals surface area contributed by atoms with Gasteiger partial charge in [-0.3, -0.25) is 9.35 Å². The Morgan fingerprint density at radius 3 is 2.44 bits per heavy atom. The molecule has 0 aliphatic heterocycles. The number of hydrogen-bond donors (Lipinski definition) is 3. The van der Waals surface area contributed by atoms with Gasteiger partial charge in [0.25, 0.3) is 0 Å². The lowest BCUT2D eigenvalue weighted by Gasteiger charge is -2.63. The molecule has 0 spiro atoms. The standard InChI is InChI=1S/C28H45F3O7S/c1-16(7-10-24(34)38-13-11-22(29)28(30,31)39(35,36)37)18-8-9-19-25-20(15-23(33)27(18,19)3)26(2)12-5-4-6-17(26)14-21(25)32/h16-23,25,32-33H,4-15H2,1-3H3,(H,35,36,37)/t16-,17+,18-,19+,20+,21+,22?,23?,25+,26+,27-/m1/s1. The van der Waals surface area contributed by atoms with E-state index in [0.29, 0.717) is 24.7 Å². The third kappa shape index (κ3) is 5.39. The number of carbonyl (C=O) groups is 1. The van der Waals surface area contributed by atoms with Crippen LogP contribution in [0.3, 0.4) is 0 Å². The molecular formula is C28H45F3O7S. The highest BCUT2D eigenvalue weighted by atomic mass is 32.2. The average molecular weight is 583 g/mol. The first-order valence-electron chi connectivity index (χ1n) is 14.6. The Labute approximate surface area is 230 Å². The molecular weight excluding hydrogens is 537 g/mol. The average Bonchev–Trinajstić information content (AvgIpc) is 3.21. The predicted molar refractivity (Wildman–Crippen MR) is 138 cm³/mol. The first kappa shape index (κ1) is 31.0. The Balaban J connectivity index is 1.34. The highest BCUT2D eigenvalue weighted by Crippen LogP contribution is 2.68. The largest absolute Gasteiger partial charge is 0.466 e. The molecule has 11 atom stereocenters. The third-order valence-corrected chi connectivity index (χ3v) is 12.6.